The van der Waals surface area contributed by atoms with Crippen LogP contribution in [0.15, 0.2) is 35.0 Å². The fourth-order valence-corrected chi connectivity index (χ4v) is 3.55. The van der Waals surface area contributed by atoms with Gasteiger partial charge in [-0.05, 0) is 43.9 Å². The van der Waals surface area contributed by atoms with Gasteiger partial charge in [0.05, 0.1) is 31.2 Å². The Labute approximate surface area is 175 Å². The highest BCUT2D eigenvalue weighted by atomic mass is 16.5. The molecule has 1 aromatic carbocycles. The molecule has 3 aromatic rings. The zero-order valence-corrected chi connectivity index (χ0v) is 17.5. The van der Waals surface area contributed by atoms with Crippen molar-refractivity contribution in [3.8, 4) is 22.8 Å². The molecule has 8 nitrogen and oxygen atoms in total. The lowest BCUT2D eigenvalue weighted by molar-refractivity contribution is 0.109. The quantitative estimate of drug-likeness (QED) is 0.597. The van der Waals surface area contributed by atoms with E-state index in [9.17, 15) is 0 Å². The van der Waals surface area contributed by atoms with Crippen LogP contribution < -0.4 is 14.8 Å². The zero-order valence-electron chi connectivity index (χ0n) is 17.5. The number of rotatable bonds is 8. The van der Waals surface area contributed by atoms with E-state index >= 15 is 0 Å². The van der Waals surface area contributed by atoms with Gasteiger partial charge in [-0.3, -0.25) is 0 Å². The van der Waals surface area contributed by atoms with Gasteiger partial charge < -0.3 is 24.1 Å². The zero-order chi connectivity index (χ0) is 20.9. The molecule has 1 fully saturated rings. The molecular formula is C22H26N4O4. The normalized spacial score (nSPS) is 15.9. The van der Waals surface area contributed by atoms with Crippen molar-refractivity contribution >= 4 is 5.95 Å². The van der Waals surface area contributed by atoms with Crippen LogP contribution in [-0.4, -0.2) is 42.5 Å². The molecule has 1 aliphatic rings. The van der Waals surface area contributed by atoms with Crippen LogP contribution in [-0.2, 0) is 11.2 Å². The number of nitrogens with zero attached hydrogens (tertiary/aromatic N) is 3. The highest BCUT2D eigenvalue weighted by molar-refractivity contribution is 5.61. The second-order valence-corrected chi connectivity index (χ2v) is 7.19. The average molecular weight is 410 g/mol. The third-order valence-electron chi connectivity index (χ3n) is 5.09. The predicted molar refractivity (Wildman–Crippen MR) is 112 cm³/mol. The third kappa shape index (κ3) is 4.38. The molecular weight excluding hydrogens is 384 g/mol. The fraction of sp³-hybridized carbons (Fsp3) is 0.409. The minimum atomic E-state index is -0.0557. The lowest BCUT2D eigenvalue weighted by Gasteiger charge is -2.14. The molecule has 8 heteroatoms. The van der Waals surface area contributed by atoms with Crippen LogP contribution in [0.5, 0.6) is 11.5 Å². The second-order valence-electron chi connectivity index (χ2n) is 7.19. The maximum atomic E-state index is 5.88. The largest absolute Gasteiger partial charge is 0.493 e. The van der Waals surface area contributed by atoms with Gasteiger partial charge in [-0.1, -0.05) is 11.2 Å². The average Bonchev–Trinajstić information content (AvgIpc) is 3.45. The summed E-state index contributed by atoms with van der Waals surface area (Å²) >= 11 is 0. The lowest BCUT2D eigenvalue weighted by atomic mass is 10.1. The van der Waals surface area contributed by atoms with Crippen molar-refractivity contribution in [1.29, 1.82) is 0 Å². The van der Waals surface area contributed by atoms with E-state index in [1.807, 2.05) is 31.2 Å². The van der Waals surface area contributed by atoms with E-state index in [1.54, 1.807) is 20.4 Å². The maximum absolute atomic E-state index is 5.88. The molecule has 2 aromatic heterocycles. The van der Waals surface area contributed by atoms with Crippen LogP contribution in [0, 0.1) is 6.92 Å². The van der Waals surface area contributed by atoms with Crippen LogP contribution in [0.25, 0.3) is 11.3 Å². The molecule has 158 valence electrons. The van der Waals surface area contributed by atoms with E-state index in [-0.39, 0.29) is 6.10 Å². The van der Waals surface area contributed by atoms with E-state index in [0.29, 0.717) is 18.3 Å². The van der Waals surface area contributed by atoms with E-state index < -0.39 is 0 Å². The summed E-state index contributed by atoms with van der Waals surface area (Å²) < 4.78 is 22.0. The molecule has 0 saturated carbocycles. The van der Waals surface area contributed by atoms with Gasteiger partial charge in [0.25, 0.3) is 0 Å². The number of methoxy groups -OCH3 is 2. The molecule has 0 spiro atoms. The van der Waals surface area contributed by atoms with Crippen molar-refractivity contribution in [2.75, 3.05) is 32.7 Å². The predicted octanol–water partition coefficient (Wildman–Crippen LogP) is 3.96. The highest BCUT2D eigenvalue weighted by Crippen LogP contribution is 2.35. The van der Waals surface area contributed by atoms with Gasteiger partial charge in [0, 0.05) is 25.4 Å². The Kier molecular flexibility index (Phi) is 6.13. The monoisotopic (exact) mass is 410 g/mol. The van der Waals surface area contributed by atoms with Crippen molar-refractivity contribution in [3.05, 3.63) is 47.4 Å². The molecule has 0 amide bonds. The number of ether oxygens (including phenoxy) is 3. The van der Waals surface area contributed by atoms with Crippen LogP contribution in [0.4, 0.5) is 5.95 Å². The standard InChI is InChI=1S/C22H26N4O4/c1-14-11-19(30-26-14)16-13-24-22(25-21(16)18-5-4-10-29-18)23-9-8-15-6-7-17(27-2)20(12-15)28-3/h6-7,11-13,18H,4-5,8-10H2,1-3H3,(H,23,24,25)/t18-/m0/s1. The number of nitrogens with one attached hydrogen (secondary N) is 1. The molecule has 0 aliphatic carbocycles. The molecule has 1 N–H and O–H groups in total. The second kappa shape index (κ2) is 9.13. The molecule has 0 unspecified atom stereocenters. The number of anilines is 1. The van der Waals surface area contributed by atoms with Crippen LogP contribution in [0.2, 0.25) is 0 Å². The van der Waals surface area contributed by atoms with Gasteiger partial charge in [0.2, 0.25) is 5.95 Å². The molecule has 0 bridgehead atoms. The van der Waals surface area contributed by atoms with Gasteiger partial charge in [-0.15, -0.1) is 0 Å². The molecule has 4 rings (SSSR count). The first-order valence-corrected chi connectivity index (χ1v) is 10.0. The van der Waals surface area contributed by atoms with Gasteiger partial charge >= 0.3 is 0 Å². The Morgan fingerprint density at radius 3 is 2.73 bits per heavy atom. The minimum absolute atomic E-state index is 0.0557. The van der Waals surface area contributed by atoms with E-state index in [1.165, 1.54) is 0 Å². The number of aromatic nitrogens is 3. The summed E-state index contributed by atoms with van der Waals surface area (Å²) in [5, 5.41) is 7.30. The molecule has 1 aliphatic heterocycles. The Bertz CT molecular complexity index is 999. The number of aryl methyl sites for hydroxylation is 1. The Hall–Kier alpha value is -3.13. The summed E-state index contributed by atoms with van der Waals surface area (Å²) in [4.78, 5) is 9.23. The first kappa shape index (κ1) is 20.2. The van der Waals surface area contributed by atoms with E-state index in [0.717, 1.165) is 59.9 Å². The SMILES string of the molecule is COc1ccc(CCNc2ncc(-c3cc(C)no3)c([C@@H]3CCCO3)n2)cc1OC. The van der Waals surface area contributed by atoms with Gasteiger partial charge in [0.1, 0.15) is 6.10 Å². The summed E-state index contributed by atoms with van der Waals surface area (Å²) in [6, 6.07) is 7.81. The first-order chi connectivity index (χ1) is 14.7. The number of hydrogen-bond acceptors (Lipinski definition) is 8. The van der Waals surface area contributed by atoms with Gasteiger partial charge in [0.15, 0.2) is 17.3 Å². The van der Waals surface area contributed by atoms with Crippen molar-refractivity contribution in [2.24, 2.45) is 0 Å². The summed E-state index contributed by atoms with van der Waals surface area (Å²) in [5.41, 5.74) is 3.62. The van der Waals surface area contributed by atoms with Crippen molar-refractivity contribution in [1.82, 2.24) is 15.1 Å². The lowest BCUT2D eigenvalue weighted by Crippen LogP contribution is -2.11. The summed E-state index contributed by atoms with van der Waals surface area (Å²) in [7, 11) is 3.27. The highest BCUT2D eigenvalue weighted by Gasteiger charge is 2.25. The fourth-order valence-electron chi connectivity index (χ4n) is 3.55. The minimum Gasteiger partial charge on any atom is -0.493 e. The molecule has 1 saturated heterocycles. The molecule has 30 heavy (non-hydrogen) atoms. The summed E-state index contributed by atoms with van der Waals surface area (Å²) in [5.74, 6) is 2.67. The number of hydrogen-bond donors (Lipinski definition) is 1. The first-order valence-electron chi connectivity index (χ1n) is 10.0. The van der Waals surface area contributed by atoms with Crippen LogP contribution in [0.3, 0.4) is 0 Å². The Morgan fingerprint density at radius 2 is 2.03 bits per heavy atom. The third-order valence-corrected chi connectivity index (χ3v) is 5.09. The Balaban J connectivity index is 1.48. The topological polar surface area (TPSA) is 91.5 Å². The van der Waals surface area contributed by atoms with Gasteiger partial charge in [-0.25, -0.2) is 9.97 Å². The maximum Gasteiger partial charge on any atom is 0.222 e. The molecule has 3 heterocycles. The molecule has 0 radical (unpaired) electrons. The van der Waals surface area contributed by atoms with Crippen LogP contribution in [0.1, 0.15) is 35.9 Å². The summed E-state index contributed by atoms with van der Waals surface area (Å²) in [6.07, 6.45) is 4.47. The van der Waals surface area contributed by atoms with E-state index in [2.05, 4.69) is 15.5 Å². The van der Waals surface area contributed by atoms with Crippen LogP contribution >= 0.6 is 0 Å². The smallest absolute Gasteiger partial charge is 0.222 e. The van der Waals surface area contributed by atoms with Crippen molar-refractivity contribution < 1.29 is 18.7 Å². The van der Waals surface area contributed by atoms with Gasteiger partial charge in [-0.2, -0.15) is 0 Å². The molecule has 1 atom stereocenters. The Morgan fingerprint density at radius 1 is 1.17 bits per heavy atom. The van der Waals surface area contributed by atoms with E-state index in [4.69, 9.17) is 23.7 Å². The number of benzene rings is 1. The van der Waals surface area contributed by atoms with Crippen molar-refractivity contribution in [3.63, 3.8) is 0 Å². The summed E-state index contributed by atoms with van der Waals surface area (Å²) in [6.45, 7) is 3.32. The van der Waals surface area contributed by atoms with Crippen molar-refractivity contribution in [2.45, 2.75) is 32.3 Å².